The van der Waals surface area contributed by atoms with Crippen LogP contribution in [0.3, 0.4) is 0 Å². The molecule has 1 aliphatic rings. The lowest BCUT2D eigenvalue weighted by Gasteiger charge is -2.34. The zero-order valence-corrected chi connectivity index (χ0v) is 13.3. The summed E-state index contributed by atoms with van der Waals surface area (Å²) in [5.41, 5.74) is -0.139. The number of carbonyl (C=O) groups is 3. The number of imide groups is 2. The summed E-state index contributed by atoms with van der Waals surface area (Å²) in [5.74, 6) is -1.44. The fourth-order valence-corrected chi connectivity index (χ4v) is 3.35. The van der Waals surface area contributed by atoms with Crippen molar-refractivity contribution in [2.24, 2.45) is 5.41 Å². The van der Waals surface area contributed by atoms with E-state index in [4.69, 9.17) is 0 Å². The molecular weight excluding hydrogens is 312 g/mol. The van der Waals surface area contributed by atoms with Crippen LogP contribution in [0.4, 0.5) is 4.79 Å². The molecule has 0 aromatic heterocycles. The summed E-state index contributed by atoms with van der Waals surface area (Å²) in [6.45, 7) is 4.48. The highest BCUT2D eigenvalue weighted by Crippen LogP contribution is 2.34. The molecule has 1 saturated heterocycles. The molecule has 0 unspecified atom stereocenters. The van der Waals surface area contributed by atoms with Gasteiger partial charge in [0.05, 0.1) is 0 Å². The first-order valence-corrected chi connectivity index (χ1v) is 7.74. The summed E-state index contributed by atoms with van der Waals surface area (Å²) in [5, 5.41) is 0.719. The van der Waals surface area contributed by atoms with E-state index in [0.29, 0.717) is 6.54 Å². The third kappa shape index (κ3) is 3.16. The second-order valence-corrected chi connectivity index (χ2v) is 5.73. The summed E-state index contributed by atoms with van der Waals surface area (Å²) in [6.07, 6.45) is 3.79. The van der Waals surface area contributed by atoms with Gasteiger partial charge in [0.2, 0.25) is 0 Å². The van der Waals surface area contributed by atoms with Crippen LogP contribution in [-0.4, -0.2) is 46.6 Å². The number of nitrogens with zero attached hydrogens (tertiary/aromatic N) is 2. The second-order valence-electron chi connectivity index (χ2n) is 5.17. The number of amides is 4. The van der Waals surface area contributed by atoms with Crippen LogP contribution in [0.1, 0.15) is 39.5 Å². The van der Waals surface area contributed by atoms with Gasteiger partial charge in [-0.2, -0.15) is 0 Å². The zero-order chi connectivity index (χ0) is 14.6. The maximum atomic E-state index is 11.9. The molecule has 0 radical (unpaired) electrons. The van der Waals surface area contributed by atoms with Crippen molar-refractivity contribution < 1.29 is 14.4 Å². The van der Waals surface area contributed by atoms with Crippen LogP contribution in [0.5, 0.6) is 0 Å². The van der Waals surface area contributed by atoms with Gasteiger partial charge in [-0.15, -0.1) is 0 Å². The van der Waals surface area contributed by atoms with Crippen molar-refractivity contribution in [1.29, 1.82) is 0 Å². The van der Waals surface area contributed by atoms with Crippen molar-refractivity contribution in [3.63, 3.8) is 0 Å². The van der Waals surface area contributed by atoms with Crippen LogP contribution in [0.2, 0.25) is 0 Å². The van der Waals surface area contributed by atoms with Crippen LogP contribution < -0.4 is 0 Å². The largest absolute Gasteiger partial charge is 0.333 e. The van der Waals surface area contributed by atoms with Crippen molar-refractivity contribution in [2.45, 2.75) is 39.5 Å². The van der Waals surface area contributed by atoms with Gasteiger partial charge in [0, 0.05) is 18.9 Å². The molecule has 1 heterocycles. The summed E-state index contributed by atoms with van der Waals surface area (Å²) in [6, 6.07) is -0.507. The Kier molecular flexibility index (Phi) is 5.52. The maximum absolute atomic E-state index is 11.9. The standard InChI is InChI=1S/C13H21BrN2O3/c1-4-6-13(8-14,7-5-2)9-16-11(18)10(17)15(3)12(16)19/h4-9H2,1-3H3. The molecule has 6 heteroatoms. The number of rotatable bonds is 7. The van der Waals surface area contributed by atoms with E-state index in [1.54, 1.807) is 0 Å². The average Bonchev–Trinajstić information content (AvgIpc) is 2.57. The normalized spacial score (nSPS) is 16.7. The molecule has 19 heavy (non-hydrogen) atoms. The lowest BCUT2D eigenvalue weighted by atomic mass is 9.81. The van der Waals surface area contributed by atoms with Crippen LogP contribution in [0.15, 0.2) is 0 Å². The SMILES string of the molecule is CCCC(CBr)(CCC)CN1C(=O)C(=O)N(C)C1=O. The van der Waals surface area contributed by atoms with Gasteiger partial charge in [0.1, 0.15) is 0 Å². The Hall–Kier alpha value is -0.910. The molecule has 108 valence electrons. The van der Waals surface area contributed by atoms with E-state index in [-0.39, 0.29) is 5.41 Å². The fraction of sp³-hybridized carbons (Fsp3) is 0.769. The minimum absolute atomic E-state index is 0.139. The highest BCUT2D eigenvalue weighted by molar-refractivity contribution is 9.09. The van der Waals surface area contributed by atoms with Gasteiger partial charge >= 0.3 is 17.8 Å². The molecule has 0 bridgehead atoms. The number of hydrogen-bond donors (Lipinski definition) is 0. The quantitative estimate of drug-likeness (QED) is 0.408. The Morgan fingerprint density at radius 3 is 1.89 bits per heavy atom. The molecule has 0 aliphatic carbocycles. The van der Waals surface area contributed by atoms with Crippen molar-refractivity contribution in [2.75, 3.05) is 18.9 Å². The Bertz CT molecular complexity index is 378. The summed E-state index contributed by atoms with van der Waals surface area (Å²) in [4.78, 5) is 37.2. The van der Waals surface area contributed by atoms with E-state index in [0.717, 1.165) is 40.8 Å². The predicted octanol–water partition coefficient (Wildman–Crippen LogP) is 2.39. The van der Waals surface area contributed by atoms with E-state index in [9.17, 15) is 14.4 Å². The van der Waals surface area contributed by atoms with E-state index < -0.39 is 17.8 Å². The molecule has 1 aliphatic heterocycles. The molecule has 0 atom stereocenters. The van der Waals surface area contributed by atoms with Crippen molar-refractivity contribution in [3.05, 3.63) is 0 Å². The molecule has 4 amide bonds. The lowest BCUT2D eigenvalue weighted by Crippen LogP contribution is -2.42. The molecular formula is C13H21BrN2O3. The predicted molar refractivity (Wildman–Crippen MR) is 75.9 cm³/mol. The maximum Gasteiger partial charge on any atom is 0.333 e. The van der Waals surface area contributed by atoms with Crippen LogP contribution in [-0.2, 0) is 9.59 Å². The smallest absolute Gasteiger partial charge is 0.263 e. The van der Waals surface area contributed by atoms with Crippen LogP contribution in [0, 0.1) is 5.41 Å². The highest BCUT2D eigenvalue weighted by atomic mass is 79.9. The molecule has 1 rings (SSSR count). The van der Waals surface area contributed by atoms with Gasteiger partial charge in [0.15, 0.2) is 0 Å². The van der Waals surface area contributed by atoms with E-state index in [1.807, 2.05) is 0 Å². The van der Waals surface area contributed by atoms with Gasteiger partial charge in [-0.25, -0.2) is 4.79 Å². The average molecular weight is 333 g/mol. The highest BCUT2D eigenvalue weighted by Gasteiger charge is 2.45. The first-order chi connectivity index (χ1) is 8.92. The van der Waals surface area contributed by atoms with Gasteiger partial charge in [-0.1, -0.05) is 42.6 Å². The third-order valence-electron chi connectivity index (χ3n) is 3.59. The molecule has 0 aromatic carbocycles. The first-order valence-electron chi connectivity index (χ1n) is 6.62. The second kappa shape index (κ2) is 6.50. The van der Waals surface area contributed by atoms with Crippen molar-refractivity contribution in [1.82, 2.24) is 9.80 Å². The minimum atomic E-state index is -0.735. The van der Waals surface area contributed by atoms with E-state index >= 15 is 0 Å². The molecule has 5 nitrogen and oxygen atoms in total. The number of carbonyl (C=O) groups excluding carboxylic acids is 3. The Morgan fingerprint density at radius 1 is 1.05 bits per heavy atom. The Labute approximate surface area is 122 Å². The minimum Gasteiger partial charge on any atom is -0.263 e. The summed E-state index contributed by atoms with van der Waals surface area (Å²) in [7, 11) is 1.35. The van der Waals surface area contributed by atoms with Crippen molar-refractivity contribution >= 4 is 33.8 Å². The fourth-order valence-electron chi connectivity index (χ4n) is 2.61. The van der Waals surface area contributed by atoms with E-state index in [1.165, 1.54) is 7.05 Å². The summed E-state index contributed by atoms with van der Waals surface area (Å²) < 4.78 is 0. The Balaban J connectivity index is 2.93. The van der Waals surface area contributed by atoms with Gasteiger partial charge in [-0.3, -0.25) is 19.4 Å². The van der Waals surface area contributed by atoms with Gasteiger partial charge in [0.25, 0.3) is 0 Å². The molecule has 0 saturated carbocycles. The number of halogens is 1. The zero-order valence-electron chi connectivity index (χ0n) is 11.7. The van der Waals surface area contributed by atoms with E-state index in [2.05, 4.69) is 29.8 Å². The molecule has 0 aromatic rings. The van der Waals surface area contributed by atoms with Crippen LogP contribution >= 0.6 is 15.9 Å². The monoisotopic (exact) mass is 332 g/mol. The topological polar surface area (TPSA) is 57.7 Å². The lowest BCUT2D eigenvalue weighted by molar-refractivity contribution is -0.143. The summed E-state index contributed by atoms with van der Waals surface area (Å²) >= 11 is 3.50. The Morgan fingerprint density at radius 2 is 1.58 bits per heavy atom. The number of alkyl halides is 1. The molecule has 0 N–H and O–H groups in total. The van der Waals surface area contributed by atoms with Crippen LogP contribution in [0.25, 0.3) is 0 Å². The first kappa shape index (κ1) is 16.1. The molecule has 0 spiro atoms. The molecule has 1 fully saturated rings. The van der Waals surface area contributed by atoms with Gasteiger partial charge < -0.3 is 0 Å². The number of urea groups is 1. The van der Waals surface area contributed by atoms with Crippen molar-refractivity contribution in [3.8, 4) is 0 Å². The number of likely N-dealkylation sites (N-methyl/N-ethyl adjacent to an activating group) is 1. The third-order valence-corrected chi connectivity index (χ3v) is 4.78. The number of hydrogen-bond acceptors (Lipinski definition) is 3. The van der Waals surface area contributed by atoms with Gasteiger partial charge in [-0.05, 0) is 18.3 Å².